The van der Waals surface area contributed by atoms with E-state index < -0.39 is 0 Å². The molecule has 3 rings (SSSR count). The van der Waals surface area contributed by atoms with Crippen LogP contribution >= 0.6 is 11.3 Å². The SMILES string of the molecule is CC1CCCN(Cc2ccccc2CNC(=O)CCCNC(=O)c2ccsc2)C1. The number of carbonyl (C=O) groups excluding carboxylic acids is 2. The normalized spacial score (nSPS) is 17.1. The maximum absolute atomic E-state index is 12.2. The van der Waals surface area contributed by atoms with Gasteiger partial charge in [-0.1, -0.05) is 31.2 Å². The van der Waals surface area contributed by atoms with E-state index in [4.69, 9.17) is 0 Å². The second kappa shape index (κ2) is 11.1. The van der Waals surface area contributed by atoms with E-state index in [-0.39, 0.29) is 11.8 Å². The van der Waals surface area contributed by atoms with E-state index in [1.807, 2.05) is 16.8 Å². The maximum atomic E-state index is 12.2. The smallest absolute Gasteiger partial charge is 0.252 e. The zero-order valence-electron chi connectivity index (χ0n) is 17.2. The standard InChI is InChI=1S/C23H31N3O2S/c1-18-6-5-12-26(15-18)16-20-8-3-2-7-19(20)14-25-22(27)9-4-11-24-23(28)21-10-13-29-17-21/h2-3,7-8,10,13,17-18H,4-6,9,11-12,14-16H2,1H3,(H,24,28)(H,25,27). The molecule has 0 spiro atoms. The first-order valence-electron chi connectivity index (χ1n) is 10.5. The number of hydrogen-bond acceptors (Lipinski definition) is 4. The average Bonchev–Trinajstić information content (AvgIpc) is 3.25. The molecule has 5 nitrogen and oxygen atoms in total. The third-order valence-corrected chi connectivity index (χ3v) is 6.06. The van der Waals surface area contributed by atoms with E-state index in [9.17, 15) is 9.59 Å². The van der Waals surface area contributed by atoms with Crippen LogP contribution in [-0.2, 0) is 17.9 Å². The van der Waals surface area contributed by atoms with Crippen molar-refractivity contribution in [2.75, 3.05) is 19.6 Å². The number of piperidine rings is 1. The van der Waals surface area contributed by atoms with Gasteiger partial charge in [-0.05, 0) is 54.3 Å². The summed E-state index contributed by atoms with van der Waals surface area (Å²) in [4.78, 5) is 26.6. The minimum absolute atomic E-state index is 0.0242. The van der Waals surface area contributed by atoms with E-state index in [0.29, 0.717) is 31.5 Å². The zero-order valence-corrected chi connectivity index (χ0v) is 18.0. The van der Waals surface area contributed by atoms with Crippen LogP contribution in [0.1, 0.15) is 54.1 Å². The van der Waals surface area contributed by atoms with Crippen LogP contribution in [-0.4, -0.2) is 36.3 Å². The molecule has 1 aromatic heterocycles. The molecule has 2 N–H and O–H groups in total. The molecule has 1 aliphatic heterocycles. The summed E-state index contributed by atoms with van der Waals surface area (Å²) in [5.74, 6) is 0.708. The van der Waals surface area contributed by atoms with Crippen molar-refractivity contribution < 1.29 is 9.59 Å². The molecule has 1 atom stereocenters. The van der Waals surface area contributed by atoms with Crippen LogP contribution in [0.4, 0.5) is 0 Å². The highest BCUT2D eigenvalue weighted by Crippen LogP contribution is 2.19. The summed E-state index contributed by atoms with van der Waals surface area (Å²) >= 11 is 1.50. The van der Waals surface area contributed by atoms with Gasteiger partial charge in [0.05, 0.1) is 0 Å². The van der Waals surface area contributed by atoms with Gasteiger partial charge in [0, 0.05) is 43.5 Å². The molecule has 1 aromatic carbocycles. The Bertz CT molecular complexity index is 791. The monoisotopic (exact) mass is 413 g/mol. The van der Waals surface area contributed by atoms with Gasteiger partial charge in [-0.25, -0.2) is 0 Å². The van der Waals surface area contributed by atoms with Crippen molar-refractivity contribution in [3.8, 4) is 0 Å². The van der Waals surface area contributed by atoms with Gasteiger partial charge in [-0.3, -0.25) is 14.5 Å². The molecule has 29 heavy (non-hydrogen) atoms. The Morgan fingerprint density at radius 2 is 2.00 bits per heavy atom. The van der Waals surface area contributed by atoms with Crippen LogP contribution in [0.5, 0.6) is 0 Å². The van der Waals surface area contributed by atoms with Crippen molar-refractivity contribution in [2.24, 2.45) is 5.92 Å². The van der Waals surface area contributed by atoms with E-state index in [1.54, 1.807) is 6.07 Å². The first-order valence-corrected chi connectivity index (χ1v) is 11.4. The molecule has 1 unspecified atom stereocenters. The van der Waals surface area contributed by atoms with Gasteiger partial charge in [0.15, 0.2) is 0 Å². The molecule has 0 saturated carbocycles. The molecule has 6 heteroatoms. The van der Waals surface area contributed by atoms with E-state index >= 15 is 0 Å². The Labute approximate surface area is 177 Å². The van der Waals surface area contributed by atoms with Gasteiger partial charge in [0.25, 0.3) is 5.91 Å². The van der Waals surface area contributed by atoms with E-state index in [0.717, 1.165) is 25.6 Å². The van der Waals surface area contributed by atoms with Crippen LogP contribution in [0.25, 0.3) is 0 Å². The van der Waals surface area contributed by atoms with Crippen molar-refractivity contribution in [1.82, 2.24) is 15.5 Å². The molecule has 0 aliphatic carbocycles. The number of benzene rings is 1. The summed E-state index contributed by atoms with van der Waals surface area (Å²) in [5.41, 5.74) is 3.16. The van der Waals surface area contributed by atoms with Gasteiger partial charge >= 0.3 is 0 Å². The average molecular weight is 414 g/mol. The second-order valence-corrected chi connectivity index (χ2v) is 8.68. The largest absolute Gasteiger partial charge is 0.352 e. The summed E-state index contributed by atoms with van der Waals surface area (Å²) in [6.07, 6.45) is 3.63. The fraction of sp³-hybridized carbons (Fsp3) is 0.478. The summed E-state index contributed by atoms with van der Waals surface area (Å²) in [6.45, 7) is 6.64. The van der Waals surface area contributed by atoms with Crippen molar-refractivity contribution in [3.05, 3.63) is 57.8 Å². The Morgan fingerprint density at radius 3 is 2.76 bits per heavy atom. The number of thiophene rings is 1. The number of likely N-dealkylation sites (tertiary alicyclic amines) is 1. The van der Waals surface area contributed by atoms with Gasteiger partial charge in [0.2, 0.25) is 5.91 Å². The van der Waals surface area contributed by atoms with Crippen molar-refractivity contribution >= 4 is 23.2 Å². The summed E-state index contributed by atoms with van der Waals surface area (Å²) in [5, 5.41) is 9.59. The number of nitrogens with one attached hydrogen (secondary N) is 2. The summed E-state index contributed by atoms with van der Waals surface area (Å²) < 4.78 is 0. The zero-order chi connectivity index (χ0) is 20.5. The maximum Gasteiger partial charge on any atom is 0.252 e. The molecule has 2 amide bonds. The molecular formula is C23H31N3O2S. The fourth-order valence-electron chi connectivity index (χ4n) is 3.78. The number of rotatable bonds is 9. The minimum atomic E-state index is -0.0763. The molecule has 1 aliphatic rings. The number of amides is 2. The summed E-state index contributed by atoms with van der Waals surface area (Å²) in [6, 6.07) is 10.2. The number of nitrogens with zero attached hydrogens (tertiary/aromatic N) is 1. The predicted octanol–water partition coefficient (Wildman–Crippen LogP) is 3.81. The molecule has 0 radical (unpaired) electrons. The molecule has 1 fully saturated rings. The lowest BCUT2D eigenvalue weighted by molar-refractivity contribution is -0.121. The Balaban J connectivity index is 1.39. The van der Waals surface area contributed by atoms with Crippen LogP contribution in [0, 0.1) is 5.92 Å². The van der Waals surface area contributed by atoms with E-state index in [2.05, 4.69) is 40.7 Å². The van der Waals surface area contributed by atoms with Gasteiger partial charge in [-0.2, -0.15) is 11.3 Å². The van der Waals surface area contributed by atoms with Crippen LogP contribution in [0.2, 0.25) is 0 Å². The highest BCUT2D eigenvalue weighted by atomic mass is 32.1. The quantitative estimate of drug-likeness (QED) is 0.615. The lowest BCUT2D eigenvalue weighted by Gasteiger charge is -2.31. The second-order valence-electron chi connectivity index (χ2n) is 7.90. The predicted molar refractivity (Wildman–Crippen MR) is 118 cm³/mol. The Hall–Kier alpha value is -2.18. The van der Waals surface area contributed by atoms with Crippen LogP contribution in [0.3, 0.4) is 0 Å². The first kappa shape index (κ1) is 21.5. The highest BCUT2D eigenvalue weighted by molar-refractivity contribution is 7.08. The van der Waals surface area contributed by atoms with Crippen LogP contribution in [0.15, 0.2) is 41.1 Å². The third-order valence-electron chi connectivity index (χ3n) is 5.38. The number of carbonyl (C=O) groups is 2. The Kier molecular flexibility index (Phi) is 8.25. The summed E-state index contributed by atoms with van der Waals surface area (Å²) in [7, 11) is 0. The minimum Gasteiger partial charge on any atom is -0.352 e. The first-order chi connectivity index (χ1) is 14.1. The Morgan fingerprint density at radius 1 is 1.17 bits per heavy atom. The lowest BCUT2D eigenvalue weighted by Crippen LogP contribution is -2.34. The number of hydrogen-bond donors (Lipinski definition) is 2. The molecule has 2 aromatic rings. The molecule has 0 bridgehead atoms. The van der Waals surface area contributed by atoms with Crippen molar-refractivity contribution in [3.63, 3.8) is 0 Å². The molecule has 2 heterocycles. The molecule has 156 valence electrons. The highest BCUT2D eigenvalue weighted by Gasteiger charge is 2.17. The van der Waals surface area contributed by atoms with E-state index in [1.165, 1.54) is 35.3 Å². The van der Waals surface area contributed by atoms with Crippen LogP contribution < -0.4 is 10.6 Å². The topological polar surface area (TPSA) is 61.4 Å². The fourth-order valence-corrected chi connectivity index (χ4v) is 4.42. The van der Waals surface area contributed by atoms with Gasteiger partial charge < -0.3 is 10.6 Å². The molecular weight excluding hydrogens is 382 g/mol. The van der Waals surface area contributed by atoms with Crippen molar-refractivity contribution in [2.45, 2.75) is 45.7 Å². The van der Waals surface area contributed by atoms with Gasteiger partial charge in [0.1, 0.15) is 0 Å². The van der Waals surface area contributed by atoms with Crippen molar-refractivity contribution in [1.29, 1.82) is 0 Å². The third kappa shape index (κ3) is 6.98. The lowest BCUT2D eigenvalue weighted by atomic mass is 9.99. The van der Waals surface area contributed by atoms with Gasteiger partial charge in [-0.15, -0.1) is 0 Å². The molecule has 1 saturated heterocycles.